The molecule has 2 rings (SSSR count). The number of hydrogen-bond donors (Lipinski definition) is 0. The molecule has 0 aliphatic heterocycles. The van der Waals surface area contributed by atoms with Crippen molar-refractivity contribution in [2.45, 2.75) is 19.4 Å². The van der Waals surface area contributed by atoms with Gasteiger partial charge in [0.2, 0.25) is 0 Å². The van der Waals surface area contributed by atoms with Gasteiger partial charge in [0, 0.05) is 12.4 Å². The minimum atomic E-state index is 0.221. The van der Waals surface area contributed by atoms with Gasteiger partial charge >= 0.3 is 0 Å². The first-order chi connectivity index (χ1) is 8.40. The van der Waals surface area contributed by atoms with Crippen molar-refractivity contribution in [3.63, 3.8) is 0 Å². The molecule has 1 unspecified atom stereocenters. The number of aliphatic imine (C=N–C) groups is 1. The van der Waals surface area contributed by atoms with E-state index in [4.69, 9.17) is 0 Å². The molecule has 86 valence electrons. The molecule has 0 radical (unpaired) electrons. The molecule has 0 aliphatic rings. The fourth-order valence-corrected chi connectivity index (χ4v) is 1.72. The maximum Gasteiger partial charge on any atom is 0.0808 e. The highest BCUT2D eigenvalue weighted by Crippen LogP contribution is 2.20. The maximum absolute atomic E-state index is 4.60. The Morgan fingerprint density at radius 1 is 1.12 bits per heavy atom. The average molecular weight is 224 g/mol. The summed E-state index contributed by atoms with van der Waals surface area (Å²) in [7, 11) is 0. The summed E-state index contributed by atoms with van der Waals surface area (Å²) in [5.41, 5.74) is 2.16. The van der Waals surface area contributed by atoms with E-state index < -0.39 is 0 Å². The van der Waals surface area contributed by atoms with E-state index in [2.05, 4.69) is 29.0 Å². The number of hydrogen-bond acceptors (Lipinski definition) is 2. The molecule has 1 heterocycles. The van der Waals surface area contributed by atoms with Crippen LogP contribution < -0.4 is 0 Å². The van der Waals surface area contributed by atoms with Gasteiger partial charge in [-0.05, 0) is 24.1 Å². The third-order valence-corrected chi connectivity index (χ3v) is 2.65. The van der Waals surface area contributed by atoms with E-state index >= 15 is 0 Å². The smallest absolute Gasteiger partial charge is 0.0808 e. The topological polar surface area (TPSA) is 25.2 Å². The summed E-state index contributed by atoms with van der Waals surface area (Å²) < 4.78 is 0. The summed E-state index contributed by atoms with van der Waals surface area (Å²) in [6.45, 7) is 2.15. The van der Waals surface area contributed by atoms with E-state index in [1.807, 2.05) is 42.6 Å². The molecule has 0 saturated carbocycles. The number of rotatable bonds is 4. The predicted molar refractivity (Wildman–Crippen MR) is 71.3 cm³/mol. The molecule has 2 aromatic rings. The minimum absolute atomic E-state index is 0.221. The van der Waals surface area contributed by atoms with Gasteiger partial charge in [0.25, 0.3) is 0 Å². The van der Waals surface area contributed by atoms with E-state index in [1.54, 1.807) is 6.20 Å². The van der Waals surface area contributed by atoms with Crippen molar-refractivity contribution < 1.29 is 0 Å². The van der Waals surface area contributed by atoms with Gasteiger partial charge in [0.15, 0.2) is 0 Å². The summed E-state index contributed by atoms with van der Waals surface area (Å²) in [5.74, 6) is 0. The first-order valence-corrected chi connectivity index (χ1v) is 5.89. The van der Waals surface area contributed by atoms with Gasteiger partial charge in [-0.1, -0.05) is 43.3 Å². The molecule has 17 heavy (non-hydrogen) atoms. The molecule has 0 bridgehead atoms. The first kappa shape index (κ1) is 11.5. The van der Waals surface area contributed by atoms with Crippen LogP contribution in [0.4, 0.5) is 0 Å². The Labute approximate surface area is 102 Å². The van der Waals surface area contributed by atoms with E-state index in [0.29, 0.717) is 0 Å². The third-order valence-electron chi connectivity index (χ3n) is 2.65. The Morgan fingerprint density at radius 2 is 1.88 bits per heavy atom. The molecule has 0 fully saturated rings. The van der Waals surface area contributed by atoms with Crippen molar-refractivity contribution in [2.75, 3.05) is 0 Å². The number of aromatic nitrogens is 1. The first-order valence-electron chi connectivity index (χ1n) is 5.89. The Morgan fingerprint density at radius 3 is 2.53 bits per heavy atom. The van der Waals surface area contributed by atoms with Crippen LogP contribution in [-0.2, 0) is 0 Å². The molecule has 0 N–H and O–H groups in total. The van der Waals surface area contributed by atoms with Crippen LogP contribution in [0.15, 0.2) is 59.7 Å². The summed E-state index contributed by atoms with van der Waals surface area (Å²) in [6, 6.07) is 16.4. The van der Waals surface area contributed by atoms with Gasteiger partial charge in [0.05, 0.1) is 11.7 Å². The van der Waals surface area contributed by atoms with Crippen LogP contribution >= 0.6 is 0 Å². The third kappa shape index (κ3) is 3.25. The number of pyridine rings is 1. The molecule has 0 amide bonds. The van der Waals surface area contributed by atoms with Crippen LogP contribution in [-0.4, -0.2) is 11.2 Å². The molecular formula is C15H16N2. The molecule has 0 saturated heterocycles. The molecular weight excluding hydrogens is 208 g/mol. The summed E-state index contributed by atoms with van der Waals surface area (Å²) in [4.78, 5) is 8.82. The van der Waals surface area contributed by atoms with Crippen molar-refractivity contribution in [2.24, 2.45) is 4.99 Å². The van der Waals surface area contributed by atoms with Crippen LogP contribution in [0.25, 0.3) is 0 Å². The molecule has 1 aromatic carbocycles. The van der Waals surface area contributed by atoms with E-state index in [0.717, 1.165) is 12.1 Å². The van der Waals surface area contributed by atoms with Gasteiger partial charge in [-0.2, -0.15) is 0 Å². The Kier molecular flexibility index (Phi) is 4.03. The van der Waals surface area contributed by atoms with Crippen LogP contribution in [0.3, 0.4) is 0 Å². The number of nitrogens with zero attached hydrogens (tertiary/aromatic N) is 2. The van der Waals surface area contributed by atoms with Crippen LogP contribution in [0.2, 0.25) is 0 Å². The van der Waals surface area contributed by atoms with Crippen LogP contribution in [0.5, 0.6) is 0 Å². The van der Waals surface area contributed by atoms with Gasteiger partial charge in [0.1, 0.15) is 0 Å². The zero-order valence-electron chi connectivity index (χ0n) is 9.95. The fraction of sp³-hybridized carbons (Fsp3) is 0.200. The average Bonchev–Trinajstić information content (AvgIpc) is 2.42. The van der Waals surface area contributed by atoms with Crippen molar-refractivity contribution in [1.82, 2.24) is 4.98 Å². The normalized spacial score (nSPS) is 12.8. The second kappa shape index (κ2) is 5.94. The second-order valence-corrected chi connectivity index (χ2v) is 3.87. The van der Waals surface area contributed by atoms with E-state index in [1.165, 1.54) is 5.56 Å². The predicted octanol–water partition coefficient (Wildman–Crippen LogP) is 3.65. The lowest BCUT2D eigenvalue weighted by Gasteiger charge is -2.09. The standard InChI is InChI=1S/C15H16N2/c1-2-15(13-8-4-3-5-9-13)17-12-14-10-6-7-11-16-14/h3-12,15H,2H2,1H3. The zero-order valence-corrected chi connectivity index (χ0v) is 9.95. The van der Waals surface area contributed by atoms with Crippen LogP contribution in [0.1, 0.15) is 30.6 Å². The van der Waals surface area contributed by atoms with Gasteiger partial charge < -0.3 is 0 Å². The molecule has 1 atom stereocenters. The van der Waals surface area contributed by atoms with E-state index in [9.17, 15) is 0 Å². The van der Waals surface area contributed by atoms with Crippen molar-refractivity contribution in [3.05, 3.63) is 66.0 Å². The van der Waals surface area contributed by atoms with Gasteiger partial charge in [-0.3, -0.25) is 9.98 Å². The zero-order chi connectivity index (χ0) is 11.9. The summed E-state index contributed by atoms with van der Waals surface area (Å²) >= 11 is 0. The lowest BCUT2D eigenvalue weighted by atomic mass is 10.1. The van der Waals surface area contributed by atoms with Crippen molar-refractivity contribution in [1.29, 1.82) is 0 Å². The fourth-order valence-electron chi connectivity index (χ4n) is 1.72. The number of benzene rings is 1. The Balaban J connectivity index is 2.14. The second-order valence-electron chi connectivity index (χ2n) is 3.87. The molecule has 0 spiro atoms. The van der Waals surface area contributed by atoms with Crippen LogP contribution in [0, 0.1) is 0 Å². The Bertz CT molecular complexity index is 463. The largest absolute Gasteiger partial charge is 0.283 e. The van der Waals surface area contributed by atoms with Gasteiger partial charge in [-0.25, -0.2) is 0 Å². The summed E-state index contributed by atoms with van der Waals surface area (Å²) in [6.07, 6.45) is 4.62. The lowest BCUT2D eigenvalue weighted by molar-refractivity contribution is 0.704. The molecule has 2 heteroatoms. The van der Waals surface area contributed by atoms with Crippen molar-refractivity contribution >= 4 is 6.21 Å². The highest BCUT2D eigenvalue weighted by atomic mass is 14.8. The minimum Gasteiger partial charge on any atom is -0.283 e. The van der Waals surface area contributed by atoms with E-state index in [-0.39, 0.29) is 6.04 Å². The molecule has 0 aliphatic carbocycles. The van der Waals surface area contributed by atoms with Gasteiger partial charge in [-0.15, -0.1) is 0 Å². The molecule has 1 aromatic heterocycles. The maximum atomic E-state index is 4.60. The SMILES string of the molecule is CCC(N=Cc1ccccn1)c1ccccc1. The lowest BCUT2D eigenvalue weighted by Crippen LogP contribution is -1.95. The molecule has 2 nitrogen and oxygen atoms in total. The highest BCUT2D eigenvalue weighted by molar-refractivity contribution is 5.76. The Hall–Kier alpha value is -1.96. The highest BCUT2D eigenvalue weighted by Gasteiger charge is 2.04. The monoisotopic (exact) mass is 224 g/mol. The quantitative estimate of drug-likeness (QED) is 0.728. The summed E-state index contributed by atoms with van der Waals surface area (Å²) in [5, 5.41) is 0. The van der Waals surface area contributed by atoms with Crippen molar-refractivity contribution in [3.8, 4) is 0 Å².